The van der Waals surface area contributed by atoms with Crippen LogP contribution >= 0.6 is 22.9 Å². The maximum Gasteiger partial charge on any atom is 0.248 e. The summed E-state index contributed by atoms with van der Waals surface area (Å²) >= 11 is 7.51. The van der Waals surface area contributed by atoms with Crippen molar-refractivity contribution in [2.45, 2.75) is 37.6 Å². The topological polar surface area (TPSA) is 125 Å². The molecule has 3 aromatic rings. The lowest BCUT2D eigenvalue weighted by atomic mass is 10.2. The third-order valence-electron chi connectivity index (χ3n) is 4.93. The fraction of sp³-hybridized carbons (Fsp3) is 0.412. The molecule has 1 saturated heterocycles. The normalized spacial score (nSPS) is 18.8. The molecule has 1 saturated carbocycles. The van der Waals surface area contributed by atoms with E-state index in [0.29, 0.717) is 41.7 Å². The summed E-state index contributed by atoms with van der Waals surface area (Å²) in [6.45, 7) is 0.657. The zero-order valence-electron chi connectivity index (χ0n) is 15.3. The van der Waals surface area contributed by atoms with Gasteiger partial charge in [-0.15, -0.1) is 11.3 Å². The molecule has 2 aliphatic rings. The number of rotatable bonds is 6. The molecule has 1 unspecified atom stereocenters. The van der Waals surface area contributed by atoms with E-state index < -0.39 is 6.04 Å². The molecule has 150 valence electrons. The van der Waals surface area contributed by atoms with Gasteiger partial charge in [0.25, 0.3) is 0 Å². The standard InChI is InChI=1S/C17H18ClN9OS/c18-14-22-15(20-12-8-10(25-26-12)9-3-4-9)24-16(23-14)27-6-1-2-11(27)13(28)21-17-19-5-7-29-17/h5,7-9,11H,1-4,6H2,(H,19,21,28)(H2,20,22,23,24,25,26). The number of amides is 1. The molecule has 1 aliphatic heterocycles. The Bertz CT molecular complexity index is 1020. The molecular formula is C17H18ClN9OS. The van der Waals surface area contributed by atoms with Gasteiger partial charge in [-0.1, -0.05) is 0 Å². The number of nitrogens with one attached hydrogen (secondary N) is 3. The highest BCUT2D eigenvalue weighted by Crippen LogP contribution is 2.39. The lowest BCUT2D eigenvalue weighted by molar-refractivity contribution is -0.117. The minimum atomic E-state index is -0.392. The molecule has 0 bridgehead atoms. The van der Waals surface area contributed by atoms with Crippen molar-refractivity contribution in [1.82, 2.24) is 30.1 Å². The summed E-state index contributed by atoms with van der Waals surface area (Å²) in [5.74, 6) is 1.71. The fourth-order valence-corrected chi connectivity index (χ4v) is 4.08. The van der Waals surface area contributed by atoms with E-state index >= 15 is 0 Å². The van der Waals surface area contributed by atoms with Crippen LogP contribution in [0, 0.1) is 0 Å². The van der Waals surface area contributed by atoms with Crippen LogP contribution < -0.4 is 15.5 Å². The molecule has 1 aliphatic carbocycles. The number of aromatic nitrogens is 6. The summed E-state index contributed by atoms with van der Waals surface area (Å²) in [5, 5.41) is 15.6. The zero-order valence-corrected chi connectivity index (χ0v) is 16.9. The lowest BCUT2D eigenvalue weighted by Gasteiger charge is -2.23. The number of halogens is 1. The number of aromatic amines is 1. The van der Waals surface area contributed by atoms with Crippen LogP contribution in [0.1, 0.15) is 37.3 Å². The predicted octanol–water partition coefficient (Wildman–Crippen LogP) is 2.93. The Balaban J connectivity index is 1.34. The molecular weight excluding hydrogens is 414 g/mol. The molecule has 0 radical (unpaired) electrons. The molecule has 0 spiro atoms. The molecule has 10 nitrogen and oxygen atoms in total. The first kappa shape index (κ1) is 18.3. The van der Waals surface area contributed by atoms with Gasteiger partial charge in [0.2, 0.25) is 23.1 Å². The number of nitrogens with zero attached hydrogens (tertiary/aromatic N) is 6. The van der Waals surface area contributed by atoms with Gasteiger partial charge in [-0.05, 0) is 37.3 Å². The van der Waals surface area contributed by atoms with E-state index in [4.69, 9.17) is 11.6 Å². The largest absolute Gasteiger partial charge is 0.329 e. The van der Waals surface area contributed by atoms with Crippen LogP contribution in [0.3, 0.4) is 0 Å². The highest BCUT2D eigenvalue weighted by atomic mass is 35.5. The van der Waals surface area contributed by atoms with Gasteiger partial charge in [-0.3, -0.25) is 9.89 Å². The molecule has 0 aromatic carbocycles. The minimum absolute atomic E-state index is 0.0569. The maximum absolute atomic E-state index is 12.7. The van der Waals surface area contributed by atoms with Crippen molar-refractivity contribution in [3.63, 3.8) is 0 Å². The molecule has 4 heterocycles. The van der Waals surface area contributed by atoms with Crippen molar-refractivity contribution in [1.29, 1.82) is 0 Å². The van der Waals surface area contributed by atoms with E-state index in [1.165, 1.54) is 24.2 Å². The summed E-state index contributed by atoms with van der Waals surface area (Å²) < 4.78 is 0. The first-order valence-electron chi connectivity index (χ1n) is 9.36. The number of carbonyl (C=O) groups is 1. The number of hydrogen-bond donors (Lipinski definition) is 3. The quantitative estimate of drug-likeness (QED) is 0.544. The van der Waals surface area contributed by atoms with Gasteiger partial charge in [0.1, 0.15) is 6.04 Å². The third-order valence-corrected chi connectivity index (χ3v) is 5.78. The van der Waals surface area contributed by atoms with Crippen LogP contribution in [0.4, 0.5) is 22.8 Å². The van der Waals surface area contributed by atoms with Gasteiger partial charge in [-0.2, -0.15) is 20.1 Å². The van der Waals surface area contributed by atoms with Crippen LogP contribution in [-0.2, 0) is 4.79 Å². The third kappa shape index (κ3) is 4.01. The fourth-order valence-electron chi connectivity index (χ4n) is 3.40. The SMILES string of the molecule is O=C(Nc1nccs1)C1CCCN1c1nc(Cl)nc(Nc2cc(C3CC3)[nH]n2)n1. The van der Waals surface area contributed by atoms with Gasteiger partial charge in [0.15, 0.2) is 10.9 Å². The van der Waals surface area contributed by atoms with E-state index in [1.54, 1.807) is 6.20 Å². The van der Waals surface area contributed by atoms with Crippen molar-refractivity contribution in [3.8, 4) is 0 Å². The van der Waals surface area contributed by atoms with E-state index in [1.807, 2.05) is 16.3 Å². The lowest BCUT2D eigenvalue weighted by Crippen LogP contribution is -2.40. The van der Waals surface area contributed by atoms with Gasteiger partial charge in [0.05, 0.1) is 0 Å². The Morgan fingerprint density at radius 1 is 1.28 bits per heavy atom. The predicted molar refractivity (Wildman–Crippen MR) is 110 cm³/mol. The molecule has 3 N–H and O–H groups in total. The number of carbonyl (C=O) groups excluding carboxylic acids is 1. The van der Waals surface area contributed by atoms with Gasteiger partial charge in [-0.25, -0.2) is 4.98 Å². The number of anilines is 4. The Morgan fingerprint density at radius 2 is 2.17 bits per heavy atom. The van der Waals surface area contributed by atoms with E-state index in [0.717, 1.165) is 12.1 Å². The number of hydrogen-bond acceptors (Lipinski definition) is 9. The van der Waals surface area contributed by atoms with Gasteiger partial charge < -0.3 is 15.5 Å². The van der Waals surface area contributed by atoms with Gasteiger partial charge >= 0.3 is 0 Å². The van der Waals surface area contributed by atoms with Crippen LogP contribution in [0.5, 0.6) is 0 Å². The Hall–Kier alpha value is -2.79. The minimum Gasteiger partial charge on any atom is -0.329 e. The molecule has 29 heavy (non-hydrogen) atoms. The molecule has 1 amide bonds. The monoisotopic (exact) mass is 431 g/mol. The summed E-state index contributed by atoms with van der Waals surface area (Å²) in [6.07, 6.45) is 5.57. The van der Waals surface area contributed by atoms with E-state index in [9.17, 15) is 4.79 Å². The molecule has 5 rings (SSSR count). The summed E-state index contributed by atoms with van der Waals surface area (Å²) in [7, 11) is 0. The first-order valence-corrected chi connectivity index (χ1v) is 10.6. The molecule has 3 aromatic heterocycles. The molecule has 12 heteroatoms. The Morgan fingerprint density at radius 3 is 2.97 bits per heavy atom. The van der Waals surface area contributed by atoms with Crippen molar-refractivity contribution in [2.24, 2.45) is 0 Å². The van der Waals surface area contributed by atoms with Crippen molar-refractivity contribution in [3.05, 3.63) is 28.6 Å². The van der Waals surface area contributed by atoms with Crippen LogP contribution in [0.25, 0.3) is 0 Å². The average Bonchev–Trinajstić information content (AvgIpc) is 3.11. The molecule has 2 fully saturated rings. The summed E-state index contributed by atoms with van der Waals surface area (Å²) in [6, 6.07) is 1.56. The Labute approximate surface area is 175 Å². The van der Waals surface area contributed by atoms with Crippen LogP contribution in [-0.4, -0.2) is 48.6 Å². The smallest absolute Gasteiger partial charge is 0.248 e. The van der Waals surface area contributed by atoms with Crippen LogP contribution in [0.15, 0.2) is 17.6 Å². The van der Waals surface area contributed by atoms with Gasteiger partial charge in [0, 0.05) is 35.8 Å². The average molecular weight is 432 g/mol. The van der Waals surface area contributed by atoms with E-state index in [-0.39, 0.29) is 11.2 Å². The number of H-pyrrole nitrogens is 1. The summed E-state index contributed by atoms with van der Waals surface area (Å²) in [4.78, 5) is 31.5. The zero-order chi connectivity index (χ0) is 19.8. The molecule has 1 atom stereocenters. The van der Waals surface area contributed by atoms with Crippen molar-refractivity contribution >= 4 is 51.7 Å². The highest BCUT2D eigenvalue weighted by molar-refractivity contribution is 7.13. The first-order chi connectivity index (χ1) is 14.2. The second-order valence-electron chi connectivity index (χ2n) is 7.01. The second kappa shape index (κ2) is 7.56. The van der Waals surface area contributed by atoms with Crippen molar-refractivity contribution < 1.29 is 4.79 Å². The summed E-state index contributed by atoms with van der Waals surface area (Å²) in [5.41, 5.74) is 1.10. The van der Waals surface area contributed by atoms with Crippen molar-refractivity contribution in [2.75, 3.05) is 22.1 Å². The van der Waals surface area contributed by atoms with Crippen LogP contribution in [0.2, 0.25) is 5.28 Å². The highest BCUT2D eigenvalue weighted by Gasteiger charge is 2.33. The Kier molecular flexibility index (Phi) is 4.76. The van der Waals surface area contributed by atoms with E-state index in [2.05, 4.69) is 40.8 Å². The maximum atomic E-state index is 12.7. The second-order valence-corrected chi connectivity index (χ2v) is 8.25. The number of thiazole rings is 1.